The quantitative estimate of drug-likeness (QED) is 0.576. The maximum Gasteiger partial charge on any atom is 0.220 e. The van der Waals surface area contributed by atoms with E-state index in [9.17, 15) is 9.59 Å². The van der Waals surface area contributed by atoms with Crippen LogP contribution in [0.1, 0.15) is 88.0 Å². The maximum absolute atomic E-state index is 12.0. The van der Waals surface area contributed by atoms with Gasteiger partial charge in [-0.25, -0.2) is 0 Å². The average Bonchev–Trinajstić information content (AvgIpc) is 2.40. The van der Waals surface area contributed by atoms with E-state index < -0.39 is 5.54 Å². The minimum atomic E-state index is -0.416. The van der Waals surface area contributed by atoms with Gasteiger partial charge in [-0.2, -0.15) is 0 Å². The van der Waals surface area contributed by atoms with E-state index in [1.807, 2.05) is 27.7 Å². The van der Waals surface area contributed by atoms with Gasteiger partial charge in [0.25, 0.3) is 0 Å². The predicted octanol–water partition coefficient (Wildman–Crippen LogP) is 4.06. The molecule has 26 heavy (non-hydrogen) atoms. The van der Waals surface area contributed by atoms with Crippen molar-refractivity contribution in [1.29, 1.82) is 0 Å². The Morgan fingerprint density at radius 2 is 1.54 bits per heavy atom. The van der Waals surface area contributed by atoms with Gasteiger partial charge < -0.3 is 15.4 Å². The first kappa shape index (κ1) is 24.9. The Labute approximate surface area is 161 Å². The molecule has 0 aliphatic rings. The van der Waals surface area contributed by atoms with Crippen LogP contribution in [0.4, 0.5) is 0 Å². The number of carbonyl (C=O) groups excluding carboxylic acids is 2. The number of ether oxygens (including phenoxy) is 1. The van der Waals surface area contributed by atoms with Gasteiger partial charge >= 0.3 is 0 Å². The van der Waals surface area contributed by atoms with Crippen molar-refractivity contribution in [3.8, 4) is 0 Å². The summed E-state index contributed by atoms with van der Waals surface area (Å²) in [6.45, 7) is 19.4. The van der Waals surface area contributed by atoms with E-state index in [1.165, 1.54) is 0 Å². The van der Waals surface area contributed by atoms with Gasteiger partial charge in [-0.15, -0.1) is 0 Å². The maximum atomic E-state index is 12.0. The number of nitrogens with one attached hydrogen (secondary N) is 2. The minimum absolute atomic E-state index is 0.00605. The first-order valence-corrected chi connectivity index (χ1v) is 9.84. The monoisotopic (exact) mass is 370 g/mol. The molecular weight excluding hydrogens is 328 g/mol. The average molecular weight is 371 g/mol. The van der Waals surface area contributed by atoms with Crippen LogP contribution in [0.25, 0.3) is 0 Å². The Hall–Kier alpha value is -1.10. The Balaban J connectivity index is 4.24. The smallest absolute Gasteiger partial charge is 0.220 e. The molecule has 5 heteroatoms. The first-order chi connectivity index (χ1) is 11.6. The zero-order valence-corrected chi connectivity index (χ0v) is 18.5. The first-order valence-electron chi connectivity index (χ1n) is 9.84. The Kier molecular flexibility index (Phi) is 9.85. The van der Waals surface area contributed by atoms with E-state index >= 15 is 0 Å². The van der Waals surface area contributed by atoms with Gasteiger partial charge in [0.15, 0.2) is 0 Å². The van der Waals surface area contributed by atoms with Gasteiger partial charge in [-0.1, -0.05) is 34.6 Å². The summed E-state index contributed by atoms with van der Waals surface area (Å²) in [6.07, 6.45) is 2.68. The third kappa shape index (κ3) is 14.1. The Bertz CT molecular complexity index is 449. The number of rotatable bonds is 11. The van der Waals surface area contributed by atoms with Crippen molar-refractivity contribution < 1.29 is 14.3 Å². The molecule has 0 spiro atoms. The summed E-state index contributed by atoms with van der Waals surface area (Å²) in [5, 5.41) is 6.01. The molecule has 0 aromatic rings. The second-order valence-electron chi connectivity index (χ2n) is 10.3. The summed E-state index contributed by atoms with van der Waals surface area (Å²) >= 11 is 0. The molecule has 0 aliphatic heterocycles. The predicted molar refractivity (Wildman–Crippen MR) is 108 cm³/mol. The second-order valence-corrected chi connectivity index (χ2v) is 10.3. The molecule has 0 aromatic carbocycles. The van der Waals surface area contributed by atoms with E-state index in [4.69, 9.17) is 4.74 Å². The Morgan fingerprint density at radius 1 is 0.962 bits per heavy atom. The molecule has 2 N–H and O–H groups in total. The molecule has 0 saturated carbocycles. The van der Waals surface area contributed by atoms with Crippen molar-refractivity contribution in [1.82, 2.24) is 10.6 Å². The molecule has 0 bridgehead atoms. The van der Waals surface area contributed by atoms with Crippen molar-refractivity contribution in [2.24, 2.45) is 11.3 Å². The molecule has 0 radical (unpaired) electrons. The van der Waals surface area contributed by atoms with E-state index in [-0.39, 0.29) is 22.8 Å². The van der Waals surface area contributed by atoms with Crippen molar-refractivity contribution in [2.75, 3.05) is 13.2 Å². The van der Waals surface area contributed by atoms with Crippen LogP contribution in [0.15, 0.2) is 0 Å². The van der Waals surface area contributed by atoms with Gasteiger partial charge in [-0.3, -0.25) is 9.59 Å². The molecule has 0 unspecified atom stereocenters. The largest absolute Gasteiger partial charge is 0.373 e. The summed E-state index contributed by atoms with van der Waals surface area (Å²) in [6, 6.07) is 0. The van der Waals surface area contributed by atoms with Crippen molar-refractivity contribution in [3.63, 3.8) is 0 Å². The second kappa shape index (κ2) is 10.3. The standard InChI is InChI=1S/C21H42N2O3/c1-16(2)10-11-17(24)23-20(6,7)15-26-21(8,9)12-13-22-18(25)14-19(3,4)5/h16H,10-15H2,1-9H3,(H,22,25)(H,23,24). The van der Waals surface area contributed by atoms with Crippen LogP contribution in [0.5, 0.6) is 0 Å². The Morgan fingerprint density at radius 3 is 2.04 bits per heavy atom. The third-order valence-electron chi connectivity index (χ3n) is 3.99. The normalized spacial score (nSPS) is 13.0. The molecule has 154 valence electrons. The lowest BCUT2D eigenvalue weighted by Gasteiger charge is -2.33. The summed E-state index contributed by atoms with van der Waals surface area (Å²) < 4.78 is 6.04. The van der Waals surface area contributed by atoms with Gasteiger partial charge in [0.05, 0.1) is 17.7 Å². The fourth-order valence-electron chi connectivity index (χ4n) is 2.39. The SMILES string of the molecule is CC(C)CCC(=O)NC(C)(C)COC(C)(C)CCNC(=O)CC(C)(C)C. The molecule has 0 atom stereocenters. The van der Waals surface area contributed by atoms with Gasteiger partial charge in [-0.05, 0) is 51.9 Å². The van der Waals surface area contributed by atoms with Crippen LogP contribution >= 0.6 is 0 Å². The topological polar surface area (TPSA) is 67.4 Å². The number of carbonyl (C=O) groups is 2. The molecule has 2 amide bonds. The van der Waals surface area contributed by atoms with Gasteiger partial charge in [0.2, 0.25) is 11.8 Å². The highest BCUT2D eigenvalue weighted by atomic mass is 16.5. The fourth-order valence-corrected chi connectivity index (χ4v) is 2.39. The molecule has 0 aromatic heterocycles. The highest BCUT2D eigenvalue weighted by Gasteiger charge is 2.26. The lowest BCUT2D eigenvalue weighted by molar-refractivity contribution is -0.126. The number of hydrogen-bond acceptors (Lipinski definition) is 3. The number of hydrogen-bond donors (Lipinski definition) is 2. The van der Waals surface area contributed by atoms with Crippen LogP contribution in [0.2, 0.25) is 0 Å². The summed E-state index contributed by atoms with van der Waals surface area (Å²) in [5.74, 6) is 0.665. The molecule has 0 aliphatic carbocycles. The number of amides is 2. The van der Waals surface area contributed by atoms with Gasteiger partial charge in [0.1, 0.15) is 0 Å². The fraction of sp³-hybridized carbons (Fsp3) is 0.905. The minimum Gasteiger partial charge on any atom is -0.373 e. The molecule has 0 rings (SSSR count). The van der Waals surface area contributed by atoms with E-state index in [2.05, 4.69) is 45.3 Å². The molecular formula is C21H42N2O3. The summed E-state index contributed by atoms with van der Waals surface area (Å²) in [4.78, 5) is 23.9. The van der Waals surface area contributed by atoms with Crippen LogP contribution in [0, 0.1) is 11.3 Å². The van der Waals surface area contributed by atoms with E-state index in [0.717, 1.165) is 12.8 Å². The van der Waals surface area contributed by atoms with Crippen LogP contribution in [0.3, 0.4) is 0 Å². The summed E-state index contributed by atoms with van der Waals surface area (Å²) in [7, 11) is 0. The molecule has 0 heterocycles. The van der Waals surface area contributed by atoms with E-state index in [1.54, 1.807) is 0 Å². The highest BCUT2D eigenvalue weighted by molar-refractivity contribution is 5.77. The van der Waals surface area contributed by atoms with Gasteiger partial charge in [0, 0.05) is 19.4 Å². The van der Waals surface area contributed by atoms with Crippen LogP contribution in [-0.2, 0) is 14.3 Å². The van der Waals surface area contributed by atoms with Crippen molar-refractivity contribution >= 4 is 11.8 Å². The molecule has 0 fully saturated rings. The third-order valence-corrected chi connectivity index (χ3v) is 3.99. The zero-order chi connectivity index (χ0) is 20.6. The zero-order valence-electron chi connectivity index (χ0n) is 18.5. The lowest BCUT2D eigenvalue weighted by Crippen LogP contribution is -2.49. The van der Waals surface area contributed by atoms with Crippen LogP contribution in [-0.4, -0.2) is 36.1 Å². The van der Waals surface area contributed by atoms with Crippen molar-refractivity contribution in [2.45, 2.75) is 99.1 Å². The molecule has 0 saturated heterocycles. The molecule has 5 nitrogen and oxygen atoms in total. The van der Waals surface area contributed by atoms with E-state index in [0.29, 0.717) is 31.9 Å². The summed E-state index contributed by atoms with van der Waals surface area (Å²) in [5.41, 5.74) is -0.788. The van der Waals surface area contributed by atoms with Crippen molar-refractivity contribution in [3.05, 3.63) is 0 Å². The van der Waals surface area contributed by atoms with Crippen LogP contribution < -0.4 is 10.6 Å². The lowest BCUT2D eigenvalue weighted by atomic mass is 9.92. The highest BCUT2D eigenvalue weighted by Crippen LogP contribution is 2.19.